The quantitative estimate of drug-likeness (QED) is 0.622. The number of halogens is 2. The monoisotopic (exact) mass is 311 g/mol. The van der Waals surface area contributed by atoms with Crippen LogP contribution < -0.4 is 14.2 Å². The van der Waals surface area contributed by atoms with E-state index >= 15 is 0 Å². The van der Waals surface area contributed by atoms with Gasteiger partial charge < -0.3 is 14.2 Å². The molecule has 8 heteroatoms. The van der Waals surface area contributed by atoms with Gasteiger partial charge in [-0.3, -0.25) is 10.1 Å². The van der Waals surface area contributed by atoms with Gasteiger partial charge in [0.25, 0.3) is 0 Å². The Bertz CT molecular complexity index is 721. The van der Waals surface area contributed by atoms with Crippen LogP contribution in [0.2, 0.25) is 0 Å². The summed E-state index contributed by atoms with van der Waals surface area (Å²) in [4.78, 5) is 10.1. The van der Waals surface area contributed by atoms with Crippen LogP contribution in [-0.2, 0) is 0 Å². The van der Waals surface area contributed by atoms with Crippen LogP contribution in [0.1, 0.15) is 0 Å². The van der Waals surface area contributed by atoms with Crippen molar-refractivity contribution in [3.63, 3.8) is 0 Å². The number of nitro benzene ring substituents is 1. The fraction of sp³-hybridized carbons (Fsp3) is 0.143. The fourth-order valence-corrected chi connectivity index (χ4v) is 1.80. The standard InChI is InChI=1S/C14H11F2NO5/c1-20-11-4-3-5-12(14(11)21-2)22-13-7-9(16)8(15)6-10(13)17(18)19/h3-7H,1-2H3. The topological polar surface area (TPSA) is 70.8 Å². The van der Waals surface area contributed by atoms with Crippen molar-refractivity contribution in [2.45, 2.75) is 0 Å². The van der Waals surface area contributed by atoms with E-state index in [1.165, 1.54) is 20.3 Å². The lowest BCUT2D eigenvalue weighted by molar-refractivity contribution is -0.385. The first-order valence-corrected chi connectivity index (χ1v) is 6.00. The van der Waals surface area contributed by atoms with Crippen molar-refractivity contribution >= 4 is 5.69 Å². The molecule has 0 aromatic heterocycles. The number of nitro groups is 1. The normalized spacial score (nSPS) is 10.2. The molecule has 0 radical (unpaired) electrons. The first-order valence-electron chi connectivity index (χ1n) is 6.00. The first-order chi connectivity index (χ1) is 10.5. The highest BCUT2D eigenvalue weighted by Crippen LogP contribution is 2.41. The first kappa shape index (κ1) is 15.5. The van der Waals surface area contributed by atoms with Gasteiger partial charge in [0, 0.05) is 6.07 Å². The summed E-state index contributed by atoms with van der Waals surface area (Å²) in [5.41, 5.74) is -0.705. The maximum absolute atomic E-state index is 13.3. The molecule has 0 unspecified atom stereocenters. The van der Waals surface area contributed by atoms with Crippen molar-refractivity contribution in [2.24, 2.45) is 0 Å². The molecule has 0 saturated heterocycles. The molecule has 22 heavy (non-hydrogen) atoms. The summed E-state index contributed by atoms with van der Waals surface area (Å²) >= 11 is 0. The molecule has 116 valence electrons. The molecule has 0 fully saturated rings. The predicted molar refractivity (Wildman–Crippen MR) is 72.6 cm³/mol. The highest BCUT2D eigenvalue weighted by molar-refractivity contribution is 5.55. The average molecular weight is 311 g/mol. The second kappa shape index (κ2) is 6.25. The van der Waals surface area contributed by atoms with Gasteiger partial charge in [0.1, 0.15) is 0 Å². The third-order valence-corrected chi connectivity index (χ3v) is 2.79. The lowest BCUT2D eigenvalue weighted by atomic mass is 10.2. The zero-order chi connectivity index (χ0) is 16.3. The summed E-state index contributed by atoms with van der Waals surface area (Å²) in [6.45, 7) is 0. The molecule has 0 spiro atoms. The van der Waals surface area contributed by atoms with Crippen molar-refractivity contribution < 1.29 is 27.9 Å². The molecular weight excluding hydrogens is 300 g/mol. The van der Waals surface area contributed by atoms with Gasteiger partial charge in [-0.15, -0.1) is 0 Å². The molecule has 2 aromatic rings. The Kier molecular flexibility index (Phi) is 4.40. The Labute approximate surface area is 124 Å². The van der Waals surface area contributed by atoms with Crippen LogP contribution in [0.5, 0.6) is 23.0 Å². The van der Waals surface area contributed by atoms with Gasteiger partial charge in [-0.05, 0) is 12.1 Å². The second-order valence-corrected chi connectivity index (χ2v) is 4.08. The van der Waals surface area contributed by atoms with Gasteiger partial charge in [-0.2, -0.15) is 0 Å². The Hall–Kier alpha value is -2.90. The zero-order valence-corrected chi connectivity index (χ0v) is 11.6. The van der Waals surface area contributed by atoms with Crippen LogP contribution in [0.4, 0.5) is 14.5 Å². The van der Waals surface area contributed by atoms with E-state index in [-0.39, 0.29) is 11.5 Å². The fourth-order valence-electron chi connectivity index (χ4n) is 1.80. The van der Waals surface area contributed by atoms with E-state index in [2.05, 4.69) is 0 Å². The Morgan fingerprint density at radius 2 is 1.64 bits per heavy atom. The summed E-state index contributed by atoms with van der Waals surface area (Å²) in [7, 11) is 2.76. The third kappa shape index (κ3) is 2.90. The third-order valence-electron chi connectivity index (χ3n) is 2.79. The number of hydrogen-bond acceptors (Lipinski definition) is 5. The summed E-state index contributed by atoms with van der Waals surface area (Å²) in [5, 5.41) is 10.9. The minimum Gasteiger partial charge on any atom is -0.493 e. The summed E-state index contributed by atoms with van der Waals surface area (Å²) in [6, 6.07) is 5.66. The number of methoxy groups -OCH3 is 2. The molecule has 6 nitrogen and oxygen atoms in total. The van der Waals surface area contributed by atoms with Gasteiger partial charge in [-0.25, -0.2) is 8.78 Å². The smallest absolute Gasteiger partial charge is 0.314 e. The number of ether oxygens (including phenoxy) is 3. The molecule has 0 N–H and O–H groups in total. The summed E-state index contributed by atoms with van der Waals surface area (Å²) < 4.78 is 41.9. The molecule has 0 heterocycles. The lowest BCUT2D eigenvalue weighted by Crippen LogP contribution is -1.99. The van der Waals surface area contributed by atoms with Crippen molar-refractivity contribution in [3.8, 4) is 23.0 Å². The van der Waals surface area contributed by atoms with Crippen LogP contribution >= 0.6 is 0 Å². The molecule has 0 saturated carbocycles. The minimum absolute atomic E-state index is 0.0657. The number of para-hydroxylation sites is 1. The van der Waals surface area contributed by atoms with E-state index in [0.29, 0.717) is 17.9 Å². The molecule has 0 aliphatic rings. The number of benzene rings is 2. The molecule has 0 amide bonds. The maximum Gasteiger partial charge on any atom is 0.314 e. The molecule has 0 aliphatic heterocycles. The molecule has 0 bridgehead atoms. The number of nitrogens with zero attached hydrogens (tertiary/aromatic N) is 1. The highest BCUT2D eigenvalue weighted by Gasteiger charge is 2.22. The van der Waals surface area contributed by atoms with Crippen LogP contribution in [0.25, 0.3) is 0 Å². The second-order valence-electron chi connectivity index (χ2n) is 4.08. The zero-order valence-electron chi connectivity index (χ0n) is 11.6. The van der Waals surface area contributed by atoms with Gasteiger partial charge in [0.05, 0.1) is 25.2 Å². The van der Waals surface area contributed by atoms with Crippen molar-refractivity contribution in [3.05, 3.63) is 52.1 Å². The van der Waals surface area contributed by atoms with E-state index < -0.39 is 28.0 Å². The average Bonchev–Trinajstić information content (AvgIpc) is 2.50. The number of rotatable bonds is 5. The maximum atomic E-state index is 13.3. The van der Waals surface area contributed by atoms with Crippen molar-refractivity contribution in [1.29, 1.82) is 0 Å². The van der Waals surface area contributed by atoms with E-state index in [9.17, 15) is 18.9 Å². The lowest BCUT2D eigenvalue weighted by Gasteiger charge is -2.13. The van der Waals surface area contributed by atoms with E-state index in [0.717, 1.165) is 0 Å². The summed E-state index contributed by atoms with van der Waals surface area (Å²) in [5.74, 6) is -2.49. The number of hydrogen-bond donors (Lipinski definition) is 0. The highest BCUT2D eigenvalue weighted by atomic mass is 19.2. The van der Waals surface area contributed by atoms with Gasteiger partial charge in [0.2, 0.25) is 11.5 Å². The van der Waals surface area contributed by atoms with Crippen LogP contribution in [0.3, 0.4) is 0 Å². The van der Waals surface area contributed by atoms with Crippen LogP contribution in [0, 0.1) is 21.7 Å². The summed E-state index contributed by atoms with van der Waals surface area (Å²) in [6.07, 6.45) is 0. The Morgan fingerprint density at radius 3 is 2.23 bits per heavy atom. The Morgan fingerprint density at radius 1 is 1.00 bits per heavy atom. The molecule has 0 atom stereocenters. The van der Waals surface area contributed by atoms with Crippen LogP contribution in [-0.4, -0.2) is 19.1 Å². The minimum atomic E-state index is -1.34. The predicted octanol–water partition coefficient (Wildman–Crippen LogP) is 3.68. The Balaban J connectivity index is 2.52. The van der Waals surface area contributed by atoms with Gasteiger partial charge in [-0.1, -0.05) is 6.07 Å². The van der Waals surface area contributed by atoms with Gasteiger partial charge in [0.15, 0.2) is 23.1 Å². The van der Waals surface area contributed by atoms with Crippen LogP contribution in [0.15, 0.2) is 30.3 Å². The molecule has 2 rings (SSSR count). The molecule has 2 aromatic carbocycles. The molecular formula is C14H11F2NO5. The largest absolute Gasteiger partial charge is 0.493 e. The van der Waals surface area contributed by atoms with Gasteiger partial charge >= 0.3 is 5.69 Å². The van der Waals surface area contributed by atoms with E-state index in [4.69, 9.17) is 14.2 Å². The van der Waals surface area contributed by atoms with Crippen molar-refractivity contribution in [2.75, 3.05) is 14.2 Å². The van der Waals surface area contributed by atoms with Crippen molar-refractivity contribution in [1.82, 2.24) is 0 Å². The van der Waals surface area contributed by atoms with E-state index in [1.54, 1.807) is 12.1 Å². The van der Waals surface area contributed by atoms with E-state index in [1.807, 2.05) is 0 Å². The molecule has 0 aliphatic carbocycles. The SMILES string of the molecule is COc1cccc(Oc2cc(F)c(F)cc2[N+](=O)[O-])c1OC.